The average Bonchev–Trinajstić information content (AvgIpc) is 3.27. The number of aliphatic hydroxyl groups excluding tert-OH is 8. The number of esters is 2. The number of phosphoric acid groups is 1. The number of phosphoric ester groups is 1. The quantitative estimate of drug-likeness (QED) is 0.0289. The number of hydrogen-bond acceptors (Lipinski definition) is 16. The van der Waals surface area contributed by atoms with Gasteiger partial charge >= 0.3 is 19.8 Å². The van der Waals surface area contributed by atoms with Crippen LogP contribution in [0.5, 0.6) is 0 Å². The van der Waals surface area contributed by atoms with Crippen LogP contribution in [0, 0.1) is 5.92 Å². The van der Waals surface area contributed by atoms with E-state index in [0.717, 1.165) is 63.9 Å². The lowest BCUT2D eigenvalue weighted by atomic mass is 9.83. The summed E-state index contributed by atoms with van der Waals surface area (Å²) in [6, 6.07) is 0. The zero-order chi connectivity index (χ0) is 48.0. The molecule has 0 aromatic carbocycles. The van der Waals surface area contributed by atoms with E-state index in [1.807, 2.05) is 6.92 Å². The molecule has 1 fully saturated rings. The monoisotopic (exact) mass is 949 g/mol. The van der Waals surface area contributed by atoms with E-state index in [1.165, 1.54) is 25.3 Å². The molecule has 2 heterocycles. The maximum absolute atomic E-state index is 13.5. The van der Waals surface area contributed by atoms with Gasteiger partial charge in [-0.25, -0.2) is 4.57 Å². The Bertz CT molecular complexity index is 1460. The first kappa shape index (κ1) is 58.8. The Balaban J connectivity index is 2.18. The Labute approximate surface area is 385 Å². The Morgan fingerprint density at radius 3 is 2.18 bits per heavy atom. The average molecular weight is 949 g/mol. The first-order valence-corrected chi connectivity index (χ1v) is 25.3. The molecule has 0 spiro atoms. The molecule has 2 unspecified atom stereocenters. The number of hydrogen-bond donors (Lipinski definition) is 9. The molecule has 1 saturated heterocycles. The molecule has 0 aliphatic carbocycles. The summed E-state index contributed by atoms with van der Waals surface area (Å²) in [4.78, 5) is 36.4. The Hall–Kier alpha value is -2.35. The zero-order valence-corrected chi connectivity index (χ0v) is 39.4. The van der Waals surface area contributed by atoms with Gasteiger partial charge in [-0.2, -0.15) is 0 Å². The van der Waals surface area contributed by atoms with Crippen LogP contribution in [0.1, 0.15) is 149 Å². The van der Waals surface area contributed by atoms with Gasteiger partial charge in [-0.05, 0) is 64.2 Å². The number of ether oxygens (including phenoxy) is 3. The molecule has 0 aromatic heterocycles. The van der Waals surface area contributed by atoms with Crippen LogP contribution in [0.25, 0.3) is 0 Å². The van der Waals surface area contributed by atoms with Crippen molar-refractivity contribution in [3.8, 4) is 0 Å². The van der Waals surface area contributed by atoms with Crippen molar-refractivity contribution in [3.05, 3.63) is 48.6 Å². The molecule has 2 aliphatic rings. The van der Waals surface area contributed by atoms with Crippen LogP contribution in [-0.4, -0.2) is 138 Å². The summed E-state index contributed by atoms with van der Waals surface area (Å²) in [5, 5.41) is 89.2. The van der Waals surface area contributed by atoms with Crippen LogP contribution in [-0.2, 0) is 37.4 Å². The number of carbonyl (C=O) groups is 2. The molecule has 9 N–H and O–H groups in total. The van der Waals surface area contributed by atoms with Crippen LogP contribution in [0.3, 0.4) is 0 Å². The molecule has 17 nitrogen and oxygen atoms in total. The molecule has 2 aliphatic heterocycles. The number of allylic oxidation sites excluding steroid dienone is 6. The lowest BCUT2D eigenvalue weighted by Gasteiger charge is -2.39. The van der Waals surface area contributed by atoms with Crippen molar-refractivity contribution in [1.82, 2.24) is 0 Å². The molecular formula is C47H81O17P. The van der Waals surface area contributed by atoms with E-state index in [1.54, 1.807) is 12.2 Å². The number of cyclic esters (lactones) is 1. The molecule has 0 amide bonds. The lowest BCUT2D eigenvalue weighted by Crippen LogP contribution is -2.58. The minimum absolute atomic E-state index is 0.0839. The predicted molar refractivity (Wildman–Crippen MR) is 243 cm³/mol. The van der Waals surface area contributed by atoms with Gasteiger partial charge in [0, 0.05) is 25.2 Å². The lowest BCUT2D eigenvalue weighted by molar-refractivity contribution is -0.213. The highest BCUT2D eigenvalue weighted by atomic mass is 31.2. The minimum Gasteiger partial charge on any atom is -0.462 e. The third-order valence-corrected chi connectivity index (χ3v) is 12.4. The molecule has 18 heteroatoms. The summed E-state index contributed by atoms with van der Waals surface area (Å²) >= 11 is 0. The smallest absolute Gasteiger partial charge is 0.462 e. The fraction of sp³-hybridized carbons (Fsp3) is 0.787. The molecule has 0 aromatic rings. The van der Waals surface area contributed by atoms with Crippen LogP contribution in [0.4, 0.5) is 0 Å². The topological polar surface area (TPSA) is 279 Å². The van der Waals surface area contributed by atoms with Crippen LogP contribution < -0.4 is 0 Å². The summed E-state index contributed by atoms with van der Waals surface area (Å²) in [7, 11) is -5.47. The molecule has 0 radical (unpaired) electrons. The van der Waals surface area contributed by atoms with E-state index in [0.29, 0.717) is 25.7 Å². The van der Waals surface area contributed by atoms with Crippen molar-refractivity contribution < 1.29 is 83.2 Å². The van der Waals surface area contributed by atoms with Gasteiger partial charge in [0.2, 0.25) is 0 Å². The third-order valence-electron chi connectivity index (χ3n) is 11.4. The van der Waals surface area contributed by atoms with Gasteiger partial charge in [0.15, 0.2) is 12.4 Å². The number of carbonyl (C=O) groups excluding carboxylic acids is 2. The summed E-state index contributed by atoms with van der Waals surface area (Å²) in [5.74, 6) is -2.63. The van der Waals surface area contributed by atoms with Gasteiger partial charge in [-0.15, -0.1) is 0 Å². The van der Waals surface area contributed by atoms with Crippen LogP contribution in [0.2, 0.25) is 0 Å². The van der Waals surface area contributed by atoms with Gasteiger partial charge in [-0.3, -0.25) is 18.6 Å². The number of rotatable bonds is 22. The summed E-state index contributed by atoms with van der Waals surface area (Å²) in [6.07, 6.45) is 6.68. The van der Waals surface area contributed by atoms with E-state index < -0.39 is 113 Å². The standard InChI is InChI=1S/C47H81O17P/c1-3-5-7-8-9-10-11-12-13-14-15-16-17-18-23-27-39(50)60-32-35-33-61-65(58,59)64-47-45(56)43(54)38(30-29-34(48)25-21-6-4-2)63-41(52)31-37(49)36(42(53)44(55)46(47)57)26-22-19-20-24-28-40(51)62-35/h9-10,12-13,19,22,29-30,34-38,41-49,52-57H,3-8,11,14-18,20-21,23-28,31-33H2,1-2H3,(H,58,59)/b10-9-,13-12-,22-19-,30-29?/t34-,35+,36-,37-,38+,41?,42+,43+,44-,45+,46+,47+/m0/s1. The second-order valence-electron chi connectivity index (χ2n) is 17.1. The number of unbranched alkanes of at least 4 members (excludes halogenated alkanes) is 10. The van der Waals surface area contributed by atoms with Crippen molar-refractivity contribution >= 4 is 19.8 Å². The Morgan fingerprint density at radius 2 is 1.48 bits per heavy atom. The Morgan fingerprint density at radius 1 is 0.831 bits per heavy atom. The highest BCUT2D eigenvalue weighted by Gasteiger charge is 2.48. The molecular weight excluding hydrogens is 867 g/mol. The zero-order valence-electron chi connectivity index (χ0n) is 38.5. The van der Waals surface area contributed by atoms with E-state index >= 15 is 0 Å². The van der Waals surface area contributed by atoms with Crippen LogP contribution >= 0.6 is 7.82 Å². The highest BCUT2D eigenvalue weighted by molar-refractivity contribution is 7.47. The molecule has 65 heavy (non-hydrogen) atoms. The minimum atomic E-state index is -5.47. The van der Waals surface area contributed by atoms with Crippen molar-refractivity contribution in [2.75, 3.05) is 13.2 Å². The second-order valence-corrected chi connectivity index (χ2v) is 18.5. The van der Waals surface area contributed by atoms with Crippen molar-refractivity contribution in [2.45, 2.75) is 216 Å². The molecule has 2 bridgehead atoms. The van der Waals surface area contributed by atoms with Gasteiger partial charge < -0.3 is 60.0 Å². The van der Waals surface area contributed by atoms with Gasteiger partial charge in [0.1, 0.15) is 43.2 Å². The van der Waals surface area contributed by atoms with Gasteiger partial charge in [0.05, 0.1) is 24.9 Å². The molecule has 376 valence electrons. The maximum atomic E-state index is 13.5. The summed E-state index contributed by atoms with van der Waals surface area (Å²) in [5.41, 5.74) is 0. The maximum Gasteiger partial charge on any atom is 0.472 e. The van der Waals surface area contributed by atoms with E-state index in [4.69, 9.17) is 23.3 Å². The SMILES string of the molecule is CCCCC/C=C\C/C=C\CCCCCCCC(=O)OC[C@@H]1COP(=O)(O)O[C@H]2[C@H](O)[C@@H](O)[C@H](O)[C@@H](C/C=C\CCCC(=O)O1)[C@@H](O)CC(O)O[C@H](C=C[C@@H](O)CCCCC)[C@@H](O)[C@H]2O. The van der Waals surface area contributed by atoms with E-state index in [9.17, 15) is 59.9 Å². The Kier molecular flexibility index (Phi) is 30.8. The first-order valence-electron chi connectivity index (χ1n) is 23.8. The highest BCUT2D eigenvalue weighted by Crippen LogP contribution is 2.47. The predicted octanol–water partition coefficient (Wildman–Crippen LogP) is 5.27. The molecule has 13 atom stereocenters. The van der Waals surface area contributed by atoms with Crippen molar-refractivity contribution in [2.24, 2.45) is 5.92 Å². The van der Waals surface area contributed by atoms with Crippen molar-refractivity contribution in [3.63, 3.8) is 0 Å². The van der Waals surface area contributed by atoms with Gasteiger partial charge in [-0.1, -0.05) is 114 Å². The van der Waals surface area contributed by atoms with Crippen molar-refractivity contribution in [1.29, 1.82) is 0 Å². The van der Waals surface area contributed by atoms with Crippen LogP contribution in [0.15, 0.2) is 48.6 Å². The molecule has 2 rings (SSSR count). The fourth-order valence-electron chi connectivity index (χ4n) is 7.48. The van der Waals surface area contributed by atoms with E-state index in [-0.39, 0.29) is 25.7 Å². The number of fused-ring (bicyclic) bond motifs is 4. The second kappa shape index (κ2) is 34.0. The summed E-state index contributed by atoms with van der Waals surface area (Å²) < 4.78 is 40.2. The first-order chi connectivity index (χ1) is 31.1. The largest absolute Gasteiger partial charge is 0.472 e. The third kappa shape index (κ3) is 25.0. The fourth-order valence-corrected chi connectivity index (χ4v) is 8.45. The number of aliphatic hydroxyl groups is 8. The van der Waals surface area contributed by atoms with Gasteiger partial charge in [0.25, 0.3) is 0 Å². The summed E-state index contributed by atoms with van der Waals surface area (Å²) in [6.45, 7) is 2.74. The molecule has 0 saturated carbocycles. The normalized spacial score (nSPS) is 32.8. The van der Waals surface area contributed by atoms with E-state index in [2.05, 4.69) is 31.2 Å².